The van der Waals surface area contributed by atoms with Crippen molar-refractivity contribution >= 4 is 17.4 Å². The fourth-order valence-electron chi connectivity index (χ4n) is 1.83. The highest BCUT2D eigenvalue weighted by molar-refractivity contribution is 6.21. The summed E-state index contributed by atoms with van der Waals surface area (Å²) in [7, 11) is 1.61. The molecule has 5 heteroatoms. The molecule has 1 heterocycles. The van der Waals surface area contributed by atoms with Gasteiger partial charge >= 0.3 is 0 Å². The fraction of sp³-hybridized carbons (Fsp3) is 0.600. The van der Waals surface area contributed by atoms with Crippen molar-refractivity contribution in [1.82, 2.24) is 9.97 Å². The van der Waals surface area contributed by atoms with Crippen LogP contribution in [-0.4, -0.2) is 28.5 Å². The van der Waals surface area contributed by atoms with E-state index in [-0.39, 0.29) is 11.4 Å². The third kappa shape index (κ3) is 2.31. The maximum absolute atomic E-state index is 6.18. The molecule has 2 rings (SSSR count). The number of rotatable bonds is 3. The van der Waals surface area contributed by atoms with E-state index < -0.39 is 0 Å². The van der Waals surface area contributed by atoms with Crippen molar-refractivity contribution in [3.05, 3.63) is 12.5 Å². The van der Waals surface area contributed by atoms with E-state index in [1.54, 1.807) is 13.3 Å². The molecule has 1 saturated carbocycles. The van der Waals surface area contributed by atoms with E-state index in [2.05, 4.69) is 15.3 Å². The lowest BCUT2D eigenvalue weighted by Crippen LogP contribution is -2.25. The molecule has 1 aromatic rings. The number of nitrogens with one attached hydrogen (secondary N) is 1. The summed E-state index contributed by atoms with van der Waals surface area (Å²) in [5, 5.41) is 3.49. The zero-order valence-corrected chi connectivity index (χ0v) is 9.37. The second-order valence-electron chi connectivity index (χ2n) is 3.64. The first-order valence-electron chi connectivity index (χ1n) is 5.06. The van der Waals surface area contributed by atoms with Crippen molar-refractivity contribution in [2.24, 2.45) is 0 Å². The molecular formula is C10H14ClN3O. The van der Waals surface area contributed by atoms with Crippen LogP contribution in [0.5, 0.6) is 5.75 Å². The standard InChI is InChI=1S/C10H14ClN3O/c1-15-9-5-12-6-13-10(9)14-8-4-2-3-7(8)11/h5-8H,2-4H2,1H3,(H,12,13,14). The first-order valence-corrected chi connectivity index (χ1v) is 5.49. The minimum absolute atomic E-state index is 0.185. The van der Waals surface area contributed by atoms with Gasteiger partial charge in [0.05, 0.1) is 18.7 Å². The minimum Gasteiger partial charge on any atom is -0.491 e. The lowest BCUT2D eigenvalue weighted by molar-refractivity contribution is 0.412. The van der Waals surface area contributed by atoms with Crippen molar-refractivity contribution in [2.45, 2.75) is 30.7 Å². The molecule has 1 N–H and O–H groups in total. The molecule has 2 atom stereocenters. The molecule has 0 aromatic carbocycles. The Balaban J connectivity index is 2.09. The van der Waals surface area contributed by atoms with Crippen molar-refractivity contribution < 1.29 is 4.74 Å². The van der Waals surface area contributed by atoms with E-state index in [1.807, 2.05) is 0 Å². The van der Waals surface area contributed by atoms with Crippen LogP contribution < -0.4 is 10.1 Å². The molecule has 1 fully saturated rings. The molecule has 2 unspecified atom stereocenters. The largest absolute Gasteiger partial charge is 0.491 e. The number of aromatic nitrogens is 2. The molecule has 1 aliphatic carbocycles. The average Bonchev–Trinajstić information content (AvgIpc) is 2.65. The maximum Gasteiger partial charge on any atom is 0.179 e. The first kappa shape index (κ1) is 10.5. The van der Waals surface area contributed by atoms with Crippen molar-refractivity contribution in [3.8, 4) is 5.75 Å². The minimum atomic E-state index is 0.185. The summed E-state index contributed by atoms with van der Waals surface area (Å²) in [5.41, 5.74) is 0. The molecule has 0 saturated heterocycles. The number of hydrogen-bond acceptors (Lipinski definition) is 4. The number of methoxy groups -OCH3 is 1. The number of ether oxygens (including phenoxy) is 1. The average molecular weight is 228 g/mol. The van der Waals surface area contributed by atoms with E-state index in [9.17, 15) is 0 Å². The monoisotopic (exact) mass is 227 g/mol. The van der Waals surface area contributed by atoms with E-state index in [4.69, 9.17) is 16.3 Å². The molecule has 82 valence electrons. The van der Waals surface area contributed by atoms with E-state index in [0.717, 1.165) is 18.7 Å². The second kappa shape index (κ2) is 4.66. The van der Waals surface area contributed by atoms with Crippen LogP contribution in [-0.2, 0) is 0 Å². The Morgan fingerprint density at radius 2 is 2.40 bits per heavy atom. The Bertz CT molecular complexity index is 334. The number of alkyl halides is 1. The highest BCUT2D eigenvalue weighted by atomic mass is 35.5. The van der Waals surface area contributed by atoms with Crippen LogP contribution in [0.15, 0.2) is 12.5 Å². The summed E-state index contributed by atoms with van der Waals surface area (Å²) in [4.78, 5) is 8.04. The van der Waals surface area contributed by atoms with Gasteiger partial charge in [0.25, 0.3) is 0 Å². The zero-order valence-electron chi connectivity index (χ0n) is 8.61. The Labute approximate surface area is 94.0 Å². The van der Waals surface area contributed by atoms with Gasteiger partial charge in [0.1, 0.15) is 6.33 Å². The SMILES string of the molecule is COc1cncnc1NC1CCCC1Cl. The fourth-order valence-corrected chi connectivity index (χ4v) is 2.17. The summed E-state index contributed by atoms with van der Waals surface area (Å²) in [6, 6.07) is 0.287. The van der Waals surface area contributed by atoms with Crippen LogP contribution in [0.1, 0.15) is 19.3 Å². The van der Waals surface area contributed by atoms with Gasteiger partial charge < -0.3 is 10.1 Å². The quantitative estimate of drug-likeness (QED) is 0.803. The highest BCUT2D eigenvalue weighted by Crippen LogP contribution is 2.29. The van der Waals surface area contributed by atoms with Crippen LogP contribution >= 0.6 is 11.6 Å². The van der Waals surface area contributed by atoms with Crippen LogP contribution in [0, 0.1) is 0 Å². The first-order chi connectivity index (χ1) is 7.31. The Hall–Kier alpha value is -1.03. The Morgan fingerprint density at radius 3 is 3.07 bits per heavy atom. The molecule has 0 spiro atoms. The molecule has 15 heavy (non-hydrogen) atoms. The number of anilines is 1. The van der Waals surface area contributed by atoms with E-state index >= 15 is 0 Å². The van der Waals surface area contributed by atoms with Crippen molar-refractivity contribution in [1.29, 1.82) is 0 Å². The molecule has 1 aliphatic rings. The summed E-state index contributed by atoms with van der Waals surface area (Å²) >= 11 is 6.18. The van der Waals surface area contributed by atoms with Gasteiger partial charge in [0.15, 0.2) is 11.6 Å². The number of halogens is 1. The van der Waals surface area contributed by atoms with E-state index in [0.29, 0.717) is 5.75 Å². The van der Waals surface area contributed by atoms with Gasteiger partial charge in [-0.2, -0.15) is 0 Å². The van der Waals surface area contributed by atoms with Gasteiger partial charge in [0.2, 0.25) is 0 Å². The zero-order chi connectivity index (χ0) is 10.7. The maximum atomic E-state index is 6.18. The van der Waals surface area contributed by atoms with Crippen LogP contribution in [0.3, 0.4) is 0 Å². The third-order valence-electron chi connectivity index (χ3n) is 2.65. The van der Waals surface area contributed by atoms with Crippen LogP contribution in [0.4, 0.5) is 5.82 Å². The molecule has 4 nitrogen and oxygen atoms in total. The Morgan fingerprint density at radius 1 is 1.53 bits per heavy atom. The predicted octanol–water partition coefficient (Wildman–Crippen LogP) is 2.06. The predicted molar refractivity (Wildman–Crippen MR) is 59.5 cm³/mol. The summed E-state index contributed by atoms with van der Waals surface area (Å²) in [5.74, 6) is 1.39. The van der Waals surface area contributed by atoms with E-state index in [1.165, 1.54) is 12.7 Å². The summed E-state index contributed by atoms with van der Waals surface area (Å²) < 4.78 is 5.16. The molecule has 0 radical (unpaired) electrons. The molecular weight excluding hydrogens is 214 g/mol. The van der Waals surface area contributed by atoms with Crippen molar-refractivity contribution in [2.75, 3.05) is 12.4 Å². The smallest absolute Gasteiger partial charge is 0.179 e. The van der Waals surface area contributed by atoms with Gasteiger partial charge in [-0.05, 0) is 19.3 Å². The highest BCUT2D eigenvalue weighted by Gasteiger charge is 2.26. The lowest BCUT2D eigenvalue weighted by Gasteiger charge is -2.17. The Kier molecular flexibility index (Phi) is 3.26. The van der Waals surface area contributed by atoms with Crippen LogP contribution in [0.2, 0.25) is 0 Å². The van der Waals surface area contributed by atoms with Gasteiger partial charge in [-0.15, -0.1) is 11.6 Å². The topological polar surface area (TPSA) is 47.0 Å². The normalized spacial score (nSPS) is 25.2. The van der Waals surface area contributed by atoms with Gasteiger partial charge in [-0.25, -0.2) is 9.97 Å². The molecule has 1 aromatic heterocycles. The van der Waals surface area contributed by atoms with Gasteiger partial charge in [-0.1, -0.05) is 0 Å². The third-order valence-corrected chi connectivity index (χ3v) is 3.17. The summed E-state index contributed by atoms with van der Waals surface area (Å²) in [6.07, 6.45) is 6.46. The molecule has 0 aliphatic heterocycles. The molecule has 0 bridgehead atoms. The number of nitrogens with zero attached hydrogens (tertiary/aromatic N) is 2. The second-order valence-corrected chi connectivity index (χ2v) is 4.20. The number of hydrogen-bond donors (Lipinski definition) is 1. The molecule has 0 amide bonds. The lowest BCUT2D eigenvalue weighted by atomic mass is 10.2. The van der Waals surface area contributed by atoms with Crippen LogP contribution in [0.25, 0.3) is 0 Å². The summed E-state index contributed by atoms with van der Waals surface area (Å²) in [6.45, 7) is 0. The van der Waals surface area contributed by atoms with Gasteiger partial charge in [0, 0.05) is 6.04 Å². The van der Waals surface area contributed by atoms with Gasteiger partial charge in [-0.3, -0.25) is 0 Å². The van der Waals surface area contributed by atoms with Crippen molar-refractivity contribution in [3.63, 3.8) is 0 Å².